The first-order chi connectivity index (χ1) is 14.0. The number of hydrogen-bond acceptors (Lipinski definition) is 4. The maximum absolute atomic E-state index is 13.0. The molecule has 1 fully saturated rings. The zero-order chi connectivity index (χ0) is 22.3. The number of benzene rings is 2. The molecule has 3 rings (SSSR count). The largest absolute Gasteiger partial charge is 0.494 e. The summed E-state index contributed by atoms with van der Waals surface area (Å²) in [7, 11) is 1.34. The molecular formula is C24H30BNO4. The summed E-state index contributed by atoms with van der Waals surface area (Å²) < 4.78 is 12.3. The molecule has 30 heavy (non-hydrogen) atoms. The summed E-state index contributed by atoms with van der Waals surface area (Å²) in [6.45, 7) is 12.2. The maximum Gasteiger partial charge on any atom is 0.494 e. The molecule has 1 amide bonds. The van der Waals surface area contributed by atoms with E-state index in [0.717, 1.165) is 22.9 Å². The Morgan fingerprint density at radius 1 is 1.07 bits per heavy atom. The van der Waals surface area contributed by atoms with Crippen LogP contribution in [0.4, 0.5) is 0 Å². The van der Waals surface area contributed by atoms with Crippen molar-refractivity contribution in [2.45, 2.75) is 58.8 Å². The van der Waals surface area contributed by atoms with E-state index in [9.17, 15) is 9.59 Å². The Balaban J connectivity index is 1.83. The number of carbonyl (C=O) groups excluding carboxylic acids is 2. The molecule has 0 radical (unpaired) electrons. The quantitative estimate of drug-likeness (QED) is 0.557. The Kier molecular flexibility index (Phi) is 5.94. The van der Waals surface area contributed by atoms with Crippen LogP contribution in [-0.4, -0.2) is 42.5 Å². The molecule has 6 heteroatoms. The zero-order valence-corrected chi connectivity index (χ0v) is 18.9. The number of rotatable bonds is 5. The fraction of sp³-hybridized carbons (Fsp3) is 0.417. The van der Waals surface area contributed by atoms with Crippen molar-refractivity contribution in [1.82, 2.24) is 4.90 Å². The molecule has 1 heterocycles. The lowest BCUT2D eigenvalue weighted by molar-refractivity contribution is 0.00578. The minimum atomic E-state index is -0.420. The average Bonchev–Trinajstić information content (AvgIpc) is 2.93. The van der Waals surface area contributed by atoms with Crippen molar-refractivity contribution < 1.29 is 18.9 Å². The Morgan fingerprint density at radius 3 is 2.23 bits per heavy atom. The molecule has 0 aliphatic carbocycles. The highest BCUT2D eigenvalue weighted by molar-refractivity contribution is 6.62. The van der Waals surface area contributed by atoms with Crippen molar-refractivity contribution in [2.24, 2.45) is 0 Å². The van der Waals surface area contributed by atoms with Crippen molar-refractivity contribution in [3.8, 4) is 0 Å². The summed E-state index contributed by atoms with van der Waals surface area (Å²) in [4.78, 5) is 26.0. The van der Waals surface area contributed by atoms with Crippen LogP contribution in [-0.2, 0) is 9.31 Å². The van der Waals surface area contributed by atoms with Gasteiger partial charge in [0.15, 0.2) is 6.29 Å². The molecule has 0 aromatic heterocycles. The predicted molar refractivity (Wildman–Crippen MR) is 119 cm³/mol. The predicted octanol–water partition coefficient (Wildman–Crippen LogP) is 3.94. The molecular weight excluding hydrogens is 377 g/mol. The van der Waals surface area contributed by atoms with Crippen LogP contribution in [0.5, 0.6) is 0 Å². The minimum Gasteiger partial charge on any atom is -0.399 e. The molecule has 1 aliphatic rings. The van der Waals surface area contributed by atoms with E-state index in [1.54, 1.807) is 36.2 Å². The second-order valence-corrected chi connectivity index (χ2v) is 9.00. The summed E-state index contributed by atoms with van der Waals surface area (Å²) in [5.41, 5.74) is 3.07. The van der Waals surface area contributed by atoms with Gasteiger partial charge in [-0.2, -0.15) is 0 Å². The Hall–Kier alpha value is -2.44. The zero-order valence-electron chi connectivity index (χ0n) is 18.9. The van der Waals surface area contributed by atoms with E-state index in [2.05, 4.69) is 6.07 Å². The Bertz CT molecular complexity index is 953. The van der Waals surface area contributed by atoms with E-state index >= 15 is 0 Å². The monoisotopic (exact) mass is 407 g/mol. The molecule has 1 aliphatic heterocycles. The lowest BCUT2D eigenvalue weighted by Gasteiger charge is -2.32. The van der Waals surface area contributed by atoms with Gasteiger partial charge < -0.3 is 14.2 Å². The summed E-state index contributed by atoms with van der Waals surface area (Å²) >= 11 is 0. The van der Waals surface area contributed by atoms with Gasteiger partial charge in [-0.15, -0.1) is 0 Å². The van der Waals surface area contributed by atoms with E-state index in [-0.39, 0.29) is 11.9 Å². The van der Waals surface area contributed by atoms with E-state index in [1.807, 2.05) is 53.7 Å². The lowest BCUT2D eigenvalue weighted by Crippen LogP contribution is -2.41. The highest BCUT2D eigenvalue weighted by atomic mass is 16.7. The molecule has 158 valence electrons. The molecule has 1 unspecified atom stereocenters. The fourth-order valence-corrected chi connectivity index (χ4v) is 3.66. The van der Waals surface area contributed by atoms with E-state index in [4.69, 9.17) is 9.31 Å². The number of aldehydes is 1. The van der Waals surface area contributed by atoms with Gasteiger partial charge >= 0.3 is 7.12 Å². The first-order valence-corrected chi connectivity index (χ1v) is 10.3. The van der Waals surface area contributed by atoms with Crippen LogP contribution in [0.2, 0.25) is 0 Å². The van der Waals surface area contributed by atoms with E-state index in [0.29, 0.717) is 11.1 Å². The molecule has 0 N–H and O–H groups in total. The summed E-state index contributed by atoms with van der Waals surface area (Å²) in [5.74, 6) is -0.181. The number of carbonyl (C=O) groups is 2. The van der Waals surface area contributed by atoms with Gasteiger partial charge in [0.05, 0.1) is 22.8 Å². The highest BCUT2D eigenvalue weighted by Crippen LogP contribution is 2.36. The van der Waals surface area contributed by atoms with Gasteiger partial charge in [0.1, 0.15) is 0 Å². The topological polar surface area (TPSA) is 55.8 Å². The third-order valence-corrected chi connectivity index (χ3v) is 6.49. The van der Waals surface area contributed by atoms with Gasteiger partial charge in [-0.25, -0.2) is 0 Å². The highest BCUT2D eigenvalue weighted by Gasteiger charge is 2.51. The Labute approximate surface area is 179 Å². The number of aryl methyl sites for hydroxylation is 1. The minimum absolute atomic E-state index is 0.162. The summed E-state index contributed by atoms with van der Waals surface area (Å²) in [5, 5.41) is 0. The molecule has 2 aromatic carbocycles. The van der Waals surface area contributed by atoms with Crippen LogP contribution in [0.3, 0.4) is 0 Å². The molecule has 1 atom stereocenters. The first kappa shape index (κ1) is 22.3. The van der Waals surface area contributed by atoms with Crippen molar-refractivity contribution >= 4 is 24.8 Å². The fourth-order valence-electron chi connectivity index (χ4n) is 3.66. The molecule has 0 spiro atoms. The standard InChI is InChI=1S/C24H30BNO4/c1-16-14-19(25-29-23(3,4)24(5,6)30-25)12-13-20(16)17(2)26(7)22(28)21-11-9-8-10-18(21)15-27/h8-15,17H,1-7H3. The second-order valence-electron chi connectivity index (χ2n) is 9.00. The lowest BCUT2D eigenvalue weighted by atomic mass is 9.77. The van der Waals surface area contributed by atoms with Crippen LogP contribution in [0, 0.1) is 6.92 Å². The third-order valence-electron chi connectivity index (χ3n) is 6.49. The third kappa shape index (κ3) is 3.94. The van der Waals surface area contributed by atoms with Crippen molar-refractivity contribution in [3.05, 3.63) is 64.7 Å². The van der Waals surface area contributed by atoms with Crippen molar-refractivity contribution in [3.63, 3.8) is 0 Å². The van der Waals surface area contributed by atoms with Crippen molar-refractivity contribution in [1.29, 1.82) is 0 Å². The van der Waals surface area contributed by atoms with E-state index in [1.165, 1.54) is 0 Å². The second kappa shape index (κ2) is 8.01. The molecule has 2 aromatic rings. The van der Waals surface area contributed by atoms with Crippen LogP contribution >= 0.6 is 0 Å². The smallest absolute Gasteiger partial charge is 0.399 e. The maximum atomic E-state index is 13.0. The number of nitrogens with zero attached hydrogens (tertiary/aromatic N) is 1. The van der Waals surface area contributed by atoms with Gasteiger partial charge in [0, 0.05) is 12.6 Å². The van der Waals surface area contributed by atoms with Crippen LogP contribution in [0.15, 0.2) is 42.5 Å². The van der Waals surface area contributed by atoms with Gasteiger partial charge in [-0.05, 0) is 64.2 Å². The summed E-state index contributed by atoms with van der Waals surface area (Å²) in [6.07, 6.45) is 0.719. The molecule has 0 saturated carbocycles. The summed E-state index contributed by atoms with van der Waals surface area (Å²) in [6, 6.07) is 12.8. The van der Waals surface area contributed by atoms with Gasteiger partial charge in [0.2, 0.25) is 0 Å². The van der Waals surface area contributed by atoms with Crippen LogP contribution in [0.1, 0.15) is 72.5 Å². The SMILES string of the molecule is Cc1cc(B2OC(C)(C)C(C)(C)O2)ccc1C(C)N(C)C(=O)c1ccccc1C=O. The van der Waals surface area contributed by atoms with Crippen LogP contribution < -0.4 is 5.46 Å². The first-order valence-electron chi connectivity index (χ1n) is 10.3. The number of amides is 1. The average molecular weight is 407 g/mol. The normalized spacial score (nSPS) is 18.2. The van der Waals surface area contributed by atoms with Gasteiger partial charge in [-0.1, -0.05) is 36.4 Å². The number of hydrogen-bond donors (Lipinski definition) is 0. The molecule has 1 saturated heterocycles. The Morgan fingerprint density at radius 2 is 1.67 bits per heavy atom. The van der Waals surface area contributed by atoms with Crippen LogP contribution in [0.25, 0.3) is 0 Å². The molecule has 0 bridgehead atoms. The van der Waals surface area contributed by atoms with Crippen molar-refractivity contribution in [2.75, 3.05) is 7.05 Å². The molecule has 5 nitrogen and oxygen atoms in total. The van der Waals surface area contributed by atoms with Gasteiger partial charge in [0.25, 0.3) is 5.91 Å². The van der Waals surface area contributed by atoms with Gasteiger partial charge in [-0.3, -0.25) is 9.59 Å². The van der Waals surface area contributed by atoms with E-state index < -0.39 is 18.3 Å².